The predicted octanol–water partition coefficient (Wildman–Crippen LogP) is 1.49. The summed E-state index contributed by atoms with van der Waals surface area (Å²) >= 11 is 0. The zero-order valence-electron chi connectivity index (χ0n) is 9.64. The SMILES string of the molecule is CN(CCc1coc2ccccc12)C(=O)NN. The number of carbonyl (C=O) groups excluding carboxylic acids is 1. The molecule has 0 saturated carbocycles. The summed E-state index contributed by atoms with van der Waals surface area (Å²) in [6.07, 6.45) is 2.47. The van der Waals surface area contributed by atoms with Crippen molar-refractivity contribution in [2.24, 2.45) is 5.84 Å². The number of furan rings is 1. The largest absolute Gasteiger partial charge is 0.464 e. The first-order valence-corrected chi connectivity index (χ1v) is 5.39. The van der Waals surface area contributed by atoms with Crippen molar-refractivity contribution < 1.29 is 9.21 Å². The fourth-order valence-electron chi connectivity index (χ4n) is 1.73. The Kier molecular flexibility index (Phi) is 3.30. The lowest BCUT2D eigenvalue weighted by atomic mass is 10.1. The zero-order chi connectivity index (χ0) is 12.3. The lowest BCUT2D eigenvalue weighted by Crippen LogP contribution is -2.41. The third-order valence-electron chi connectivity index (χ3n) is 2.75. The lowest BCUT2D eigenvalue weighted by molar-refractivity contribution is 0.209. The molecule has 1 heterocycles. The van der Waals surface area contributed by atoms with Crippen molar-refractivity contribution in [2.45, 2.75) is 6.42 Å². The maximum absolute atomic E-state index is 11.2. The van der Waals surface area contributed by atoms with Crippen molar-refractivity contribution in [2.75, 3.05) is 13.6 Å². The van der Waals surface area contributed by atoms with Crippen LogP contribution < -0.4 is 11.3 Å². The number of rotatable bonds is 3. The van der Waals surface area contributed by atoms with E-state index in [1.165, 1.54) is 4.90 Å². The van der Waals surface area contributed by atoms with Crippen molar-refractivity contribution >= 4 is 17.0 Å². The van der Waals surface area contributed by atoms with E-state index in [1.807, 2.05) is 24.3 Å². The molecule has 0 bridgehead atoms. The molecule has 17 heavy (non-hydrogen) atoms. The Morgan fingerprint density at radius 2 is 2.24 bits per heavy atom. The van der Waals surface area contributed by atoms with Crippen LogP contribution in [0.15, 0.2) is 34.9 Å². The average molecular weight is 233 g/mol. The van der Waals surface area contributed by atoms with E-state index in [9.17, 15) is 4.79 Å². The Labute approximate surface area is 99.1 Å². The molecule has 90 valence electrons. The van der Waals surface area contributed by atoms with Gasteiger partial charge in [-0.05, 0) is 18.1 Å². The summed E-state index contributed by atoms with van der Waals surface area (Å²) in [5, 5.41) is 1.09. The second-order valence-corrected chi connectivity index (χ2v) is 3.88. The Balaban J connectivity index is 2.07. The van der Waals surface area contributed by atoms with Gasteiger partial charge >= 0.3 is 6.03 Å². The van der Waals surface area contributed by atoms with E-state index in [4.69, 9.17) is 10.3 Å². The average Bonchev–Trinajstić information content (AvgIpc) is 2.78. The predicted molar refractivity (Wildman–Crippen MR) is 65.3 cm³/mol. The molecule has 1 aromatic heterocycles. The summed E-state index contributed by atoms with van der Waals surface area (Å²) in [5.74, 6) is 5.05. The van der Waals surface area contributed by atoms with Gasteiger partial charge in [0.1, 0.15) is 5.58 Å². The summed E-state index contributed by atoms with van der Waals surface area (Å²) in [4.78, 5) is 12.7. The van der Waals surface area contributed by atoms with E-state index < -0.39 is 0 Å². The fourth-order valence-corrected chi connectivity index (χ4v) is 1.73. The number of fused-ring (bicyclic) bond motifs is 1. The summed E-state index contributed by atoms with van der Waals surface area (Å²) in [5.41, 5.74) is 4.06. The normalized spacial score (nSPS) is 10.5. The van der Waals surface area contributed by atoms with Gasteiger partial charge in [-0.1, -0.05) is 18.2 Å². The van der Waals surface area contributed by atoms with Gasteiger partial charge in [0.2, 0.25) is 0 Å². The van der Waals surface area contributed by atoms with Gasteiger partial charge in [0.05, 0.1) is 6.26 Å². The van der Waals surface area contributed by atoms with Crippen molar-refractivity contribution in [1.82, 2.24) is 10.3 Å². The first-order chi connectivity index (χ1) is 8.22. The van der Waals surface area contributed by atoms with Gasteiger partial charge < -0.3 is 9.32 Å². The monoisotopic (exact) mass is 233 g/mol. The van der Waals surface area contributed by atoms with E-state index >= 15 is 0 Å². The lowest BCUT2D eigenvalue weighted by Gasteiger charge is -2.15. The van der Waals surface area contributed by atoms with Crippen LogP contribution in [0.1, 0.15) is 5.56 Å². The van der Waals surface area contributed by atoms with Gasteiger partial charge in [-0.3, -0.25) is 5.43 Å². The maximum Gasteiger partial charge on any atom is 0.331 e. The van der Waals surface area contributed by atoms with Crippen LogP contribution in [0.4, 0.5) is 4.79 Å². The molecule has 0 spiro atoms. The van der Waals surface area contributed by atoms with Crippen molar-refractivity contribution in [3.63, 3.8) is 0 Å². The molecule has 1 aromatic carbocycles. The van der Waals surface area contributed by atoms with Gasteiger partial charge in [-0.15, -0.1) is 0 Å². The van der Waals surface area contributed by atoms with Crippen LogP contribution in [-0.4, -0.2) is 24.5 Å². The highest BCUT2D eigenvalue weighted by atomic mass is 16.3. The molecule has 3 N–H and O–H groups in total. The molecule has 2 amide bonds. The fraction of sp³-hybridized carbons (Fsp3) is 0.250. The van der Waals surface area contributed by atoms with Gasteiger partial charge in [0.25, 0.3) is 0 Å². The Morgan fingerprint density at radius 1 is 1.47 bits per heavy atom. The third-order valence-corrected chi connectivity index (χ3v) is 2.75. The van der Waals surface area contributed by atoms with Crippen LogP contribution in [0, 0.1) is 0 Å². The van der Waals surface area contributed by atoms with E-state index in [-0.39, 0.29) is 6.03 Å². The first-order valence-electron chi connectivity index (χ1n) is 5.39. The van der Waals surface area contributed by atoms with Crippen LogP contribution in [0.2, 0.25) is 0 Å². The summed E-state index contributed by atoms with van der Waals surface area (Å²) in [7, 11) is 1.70. The van der Waals surface area contributed by atoms with Crippen LogP contribution in [0.25, 0.3) is 11.0 Å². The molecule has 0 radical (unpaired) electrons. The molecule has 2 aromatic rings. The molecule has 5 heteroatoms. The minimum atomic E-state index is -0.294. The Morgan fingerprint density at radius 3 is 3.00 bits per heavy atom. The molecule has 0 unspecified atom stereocenters. The first kappa shape index (κ1) is 11.5. The number of carbonyl (C=O) groups is 1. The minimum Gasteiger partial charge on any atom is -0.464 e. The molecule has 0 saturated heterocycles. The number of nitrogens with one attached hydrogen (secondary N) is 1. The number of hydrogen-bond acceptors (Lipinski definition) is 3. The number of nitrogens with two attached hydrogens (primary N) is 1. The van der Waals surface area contributed by atoms with E-state index in [1.54, 1.807) is 13.3 Å². The van der Waals surface area contributed by atoms with Crippen LogP contribution >= 0.6 is 0 Å². The highest BCUT2D eigenvalue weighted by Crippen LogP contribution is 2.20. The van der Waals surface area contributed by atoms with E-state index in [0.29, 0.717) is 6.54 Å². The number of hydrogen-bond donors (Lipinski definition) is 2. The quantitative estimate of drug-likeness (QED) is 0.479. The van der Waals surface area contributed by atoms with Crippen molar-refractivity contribution in [3.05, 3.63) is 36.1 Å². The number of benzene rings is 1. The second-order valence-electron chi connectivity index (χ2n) is 3.88. The Hall–Kier alpha value is -2.01. The van der Waals surface area contributed by atoms with Gasteiger partial charge in [0, 0.05) is 19.0 Å². The number of para-hydroxylation sites is 1. The summed E-state index contributed by atoms with van der Waals surface area (Å²) in [6.45, 7) is 0.590. The van der Waals surface area contributed by atoms with E-state index in [2.05, 4.69) is 5.43 Å². The molecule has 0 aliphatic heterocycles. The molecule has 0 aliphatic rings. The molecule has 5 nitrogen and oxygen atoms in total. The van der Waals surface area contributed by atoms with E-state index in [0.717, 1.165) is 23.0 Å². The maximum atomic E-state index is 11.2. The van der Waals surface area contributed by atoms with Gasteiger partial charge in [-0.25, -0.2) is 10.6 Å². The van der Waals surface area contributed by atoms with Crippen LogP contribution in [0.3, 0.4) is 0 Å². The minimum absolute atomic E-state index is 0.294. The number of urea groups is 1. The zero-order valence-corrected chi connectivity index (χ0v) is 9.64. The molecule has 0 aliphatic carbocycles. The van der Waals surface area contributed by atoms with Crippen LogP contribution in [0.5, 0.6) is 0 Å². The third kappa shape index (κ3) is 2.39. The topological polar surface area (TPSA) is 71.5 Å². The van der Waals surface area contributed by atoms with Crippen molar-refractivity contribution in [1.29, 1.82) is 0 Å². The molecule has 2 rings (SSSR count). The summed E-state index contributed by atoms with van der Waals surface area (Å²) in [6, 6.07) is 7.55. The second kappa shape index (κ2) is 4.88. The standard InChI is InChI=1S/C12H15N3O2/c1-15(12(16)14-13)7-6-9-8-17-11-5-3-2-4-10(9)11/h2-5,8H,6-7,13H2,1H3,(H,14,16). The molecule has 0 fully saturated rings. The highest BCUT2D eigenvalue weighted by molar-refractivity contribution is 5.81. The van der Waals surface area contributed by atoms with Crippen LogP contribution in [-0.2, 0) is 6.42 Å². The van der Waals surface area contributed by atoms with Crippen molar-refractivity contribution in [3.8, 4) is 0 Å². The number of likely N-dealkylation sites (N-methyl/N-ethyl adjacent to an activating group) is 1. The smallest absolute Gasteiger partial charge is 0.331 e. The number of nitrogens with zero attached hydrogens (tertiary/aromatic N) is 1. The number of hydrazine groups is 1. The number of amides is 2. The molecular weight excluding hydrogens is 218 g/mol. The van der Waals surface area contributed by atoms with Gasteiger partial charge in [0.15, 0.2) is 0 Å². The summed E-state index contributed by atoms with van der Waals surface area (Å²) < 4.78 is 5.42. The Bertz CT molecular complexity index is 521. The highest BCUT2D eigenvalue weighted by Gasteiger charge is 2.09. The molecule has 0 atom stereocenters. The van der Waals surface area contributed by atoms with Gasteiger partial charge in [-0.2, -0.15) is 0 Å². The molecular formula is C12H15N3O2.